The van der Waals surface area contributed by atoms with Crippen LogP contribution in [0.4, 0.5) is 0 Å². The minimum atomic E-state index is -0.780. The number of carboxylic acids is 1. The summed E-state index contributed by atoms with van der Waals surface area (Å²) in [6, 6.07) is 7.32. The van der Waals surface area contributed by atoms with E-state index < -0.39 is 5.97 Å². The second-order valence-electron chi connectivity index (χ2n) is 6.38. The average Bonchev–Trinajstić information content (AvgIpc) is 2.96. The van der Waals surface area contributed by atoms with Crippen LogP contribution in [0.1, 0.15) is 29.6 Å². The molecule has 0 aliphatic carbocycles. The Balaban J connectivity index is 1.80. The van der Waals surface area contributed by atoms with Gasteiger partial charge in [0.2, 0.25) is 0 Å². The van der Waals surface area contributed by atoms with Crippen LogP contribution in [0.5, 0.6) is 0 Å². The molecule has 0 unspecified atom stereocenters. The van der Waals surface area contributed by atoms with E-state index in [1.807, 2.05) is 18.2 Å². The molecule has 2 heterocycles. The third kappa shape index (κ3) is 3.85. The summed E-state index contributed by atoms with van der Waals surface area (Å²) in [6.45, 7) is 1.13. The van der Waals surface area contributed by atoms with Crippen molar-refractivity contribution in [3.05, 3.63) is 41.0 Å². The van der Waals surface area contributed by atoms with Crippen LogP contribution >= 0.6 is 11.6 Å². The third-order valence-corrected chi connectivity index (χ3v) is 4.88. The number of carbonyl (C=O) groups excluding carboxylic acids is 1. The van der Waals surface area contributed by atoms with Gasteiger partial charge in [0.15, 0.2) is 0 Å². The number of piperidine rings is 1. The van der Waals surface area contributed by atoms with Crippen LogP contribution in [-0.2, 0) is 11.8 Å². The van der Waals surface area contributed by atoms with Gasteiger partial charge in [-0.3, -0.25) is 14.3 Å². The molecule has 1 aromatic carbocycles. The molecule has 1 aliphatic heterocycles. The van der Waals surface area contributed by atoms with Crippen LogP contribution in [-0.4, -0.2) is 44.8 Å². The second-order valence-corrected chi connectivity index (χ2v) is 6.79. The molecule has 0 atom stereocenters. The minimum absolute atomic E-state index is 0.0863. The highest BCUT2D eigenvalue weighted by atomic mass is 35.5. The smallest absolute Gasteiger partial charge is 0.303 e. The summed E-state index contributed by atoms with van der Waals surface area (Å²) in [6.07, 6.45) is 3.30. The summed E-state index contributed by atoms with van der Waals surface area (Å²) < 4.78 is 1.61. The van der Waals surface area contributed by atoms with Crippen LogP contribution < -0.4 is 0 Å². The first kappa shape index (κ1) is 17.5. The fourth-order valence-corrected chi connectivity index (χ4v) is 3.48. The Morgan fingerprint density at radius 1 is 1.28 bits per heavy atom. The van der Waals surface area contributed by atoms with Gasteiger partial charge in [0.1, 0.15) is 5.69 Å². The number of rotatable bonds is 4. The molecule has 0 saturated carbocycles. The topological polar surface area (TPSA) is 75.4 Å². The van der Waals surface area contributed by atoms with E-state index in [1.165, 1.54) is 0 Å². The first-order valence-electron chi connectivity index (χ1n) is 8.25. The summed E-state index contributed by atoms with van der Waals surface area (Å²) >= 11 is 6.27. The fraction of sp³-hybridized carbons (Fsp3) is 0.389. The Morgan fingerprint density at radius 2 is 1.96 bits per heavy atom. The molecule has 1 fully saturated rings. The first-order valence-corrected chi connectivity index (χ1v) is 8.63. The van der Waals surface area contributed by atoms with Gasteiger partial charge in [-0.05, 0) is 24.8 Å². The zero-order valence-electron chi connectivity index (χ0n) is 14.0. The van der Waals surface area contributed by atoms with Crippen LogP contribution in [0.25, 0.3) is 11.3 Å². The molecule has 1 aromatic heterocycles. The van der Waals surface area contributed by atoms with Crippen molar-refractivity contribution in [1.29, 1.82) is 0 Å². The van der Waals surface area contributed by atoms with Gasteiger partial charge in [-0.1, -0.05) is 29.8 Å². The van der Waals surface area contributed by atoms with E-state index in [1.54, 1.807) is 28.9 Å². The van der Waals surface area contributed by atoms with Crippen molar-refractivity contribution < 1.29 is 14.7 Å². The Kier molecular flexibility index (Phi) is 5.08. The zero-order valence-corrected chi connectivity index (χ0v) is 14.7. The summed E-state index contributed by atoms with van der Waals surface area (Å²) in [5.41, 5.74) is 1.83. The van der Waals surface area contributed by atoms with Crippen LogP contribution in [0.15, 0.2) is 30.5 Å². The molecule has 1 saturated heterocycles. The predicted octanol–water partition coefficient (Wildman–Crippen LogP) is 3.07. The number of nitrogens with zero attached hydrogens (tertiary/aromatic N) is 3. The Morgan fingerprint density at radius 3 is 2.60 bits per heavy atom. The lowest BCUT2D eigenvalue weighted by Gasteiger charge is -2.31. The molecule has 1 amide bonds. The van der Waals surface area contributed by atoms with Crippen molar-refractivity contribution in [3.63, 3.8) is 0 Å². The SMILES string of the molecule is Cn1cc(C(=O)N2CCC(CC(=O)O)CC2)c(-c2ccccc2Cl)n1. The molecule has 3 rings (SSSR count). The number of hydrogen-bond acceptors (Lipinski definition) is 3. The predicted molar refractivity (Wildman–Crippen MR) is 94.5 cm³/mol. The molecule has 0 spiro atoms. The zero-order chi connectivity index (χ0) is 18.0. The van der Waals surface area contributed by atoms with E-state index in [2.05, 4.69) is 5.10 Å². The third-order valence-electron chi connectivity index (χ3n) is 4.55. The van der Waals surface area contributed by atoms with E-state index in [-0.39, 0.29) is 18.2 Å². The van der Waals surface area contributed by atoms with Gasteiger partial charge < -0.3 is 10.0 Å². The van der Waals surface area contributed by atoms with Gasteiger partial charge in [-0.15, -0.1) is 0 Å². The van der Waals surface area contributed by atoms with Crippen molar-refractivity contribution in [1.82, 2.24) is 14.7 Å². The number of carbonyl (C=O) groups is 2. The summed E-state index contributed by atoms with van der Waals surface area (Å²) in [4.78, 5) is 25.6. The number of amides is 1. The highest BCUT2D eigenvalue weighted by Gasteiger charge is 2.28. The summed E-state index contributed by atoms with van der Waals surface area (Å²) in [7, 11) is 1.77. The van der Waals surface area contributed by atoms with Crippen molar-refractivity contribution in [2.45, 2.75) is 19.3 Å². The number of halogens is 1. The molecule has 1 N–H and O–H groups in total. The molecule has 0 bridgehead atoms. The average molecular weight is 362 g/mol. The normalized spacial score (nSPS) is 15.4. The molecule has 6 nitrogen and oxygen atoms in total. The van der Waals surface area contributed by atoms with Gasteiger partial charge in [0.05, 0.1) is 10.6 Å². The van der Waals surface area contributed by atoms with E-state index in [9.17, 15) is 9.59 Å². The van der Waals surface area contributed by atoms with E-state index >= 15 is 0 Å². The Bertz CT molecular complexity index is 795. The van der Waals surface area contributed by atoms with Crippen molar-refractivity contribution in [2.24, 2.45) is 13.0 Å². The van der Waals surface area contributed by atoms with Crippen molar-refractivity contribution >= 4 is 23.5 Å². The fourth-order valence-electron chi connectivity index (χ4n) is 3.25. The molecule has 7 heteroatoms. The number of aromatic nitrogens is 2. The quantitative estimate of drug-likeness (QED) is 0.908. The highest BCUT2D eigenvalue weighted by Crippen LogP contribution is 2.30. The molecule has 2 aromatic rings. The van der Waals surface area contributed by atoms with Gasteiger partial charge in [-0.2, -0.15) is 5.10 Å². The number of benzene rings is 1. The Hall–Kier alpha value is -2.34. The summed E-state index contributed by atoms with van der Waals surface area (Å²) in [5, 5.41) is 13.9. The van der Waals surface area contributed by atoms with Crippen LogP contribution in [0.2, 0.25) is 5.02 Å². The van der Waals surface area contributed by atoms with Gasteiger partial charge in [0.25, 0.3) is 5.91 Å². The standard InChI is InChI=1S/C18H20ClN3O3/c1-21-11-14(17(20-21)13-4-2-3-5-15(13)19)18(25)22-8-6-12(7-9-22)10-16(23)24/h2-5,11-12H,6-10H2,1H3,(H,23,24). The van der Waals surface area contributed by atoms with Gasteiger partial charge in [0, 0.05) is 38.3 Å². The van der Waals surface area contributed by atoms with Crippen LogP contribution in [0, 0.1) is 5.92 Å². The maximum Gasteiger partial charge on any atom is 0.303 e. The minimum Gasteiger partial charge on any atom is -0.481 e. The van der Waals surface area contributed by atoms with E-state index in [0.717, 1.165) is 5.56 Å². The molecular formula is C18H20ClN3O3. The number of carboxylic acid groups (broad SMARTS) is 1. The lowest BCUT2D eigenvalue weighted by atomic mass is 9.93. The maximum absolute atomic E-state index is 13.0. The molecule has 132 valence electrons. The molecule has 25 heavy (non-hydrogen) atoms. The largest absolute Gasteiger partial charge is 0.481 e. The van der Waals surface area contributed by atoms with Crippen molar-refractivity contribution in [3.8, 4) is 11.3 Å². The number of aliphatic carboxylic acids is 1. The first-order chi connectivity index (χ1) is 12.0. The monoisotopic (exact) mass is 361 g/mol. The maximum atomic E-state index is 13.0. The van der Waals surface area contributed by atoms with E-state index in [4.69, 9.17) is 16.7 Å². The van der Waals surface area contributed by atoms with E-state index in [0.29, 0.717) is 42.2 Å². The lowest BCUT2D eigenvalue weighted by Crippen LogP contribution is -2.39. The molecule has 1 aliphatic rings. The number of aryl methyl sites for hydroxylation is 1. The molecule has 0 radical (unpaired) electrons. The second kappa shape index (κ2) is 7.27. The highest BCUT2D eigenvalue weighted by molar-refractivity contribution is 6.33. The van der Waals surface area contributed by atoms with Crippen LogP contribution in [0.3, 0.4) is 0 Å². The number of likely N-dealkylation sites (tertiary alicyclic amines) is 1. The Labute approximate surface area is 151 Å². The summed E-state index contributed by atoms with van der Waals surface area (Å²) in [5.74, 6) is -0.728. The van der Waals surface area contributed by atoms with Crippen molar-refractivity contribution in [2.75, 3.05) is 13.1 Å². The number of hydrogen-bond donors (Lipinski definition) is 1. The molecular weight excluding hydrogens is 342 g/mol. The van der Waals surface area contributed by atoms with Gasteiger partial charge in [-0.25, -0.2) is 0 Å². The lowest BCUT2D eigenvalue weighted by molar-refractivity contribution is -0.138. The van der Waals surface area contributed by atoms with Gasteiger partial charge >= 0.3 is 5.97 Å².